The van der Waals surface area contributed by atoms with Gasteiger partial charge in [0.2, 0.25) is 0 Å². The summed E-state index contributed by atoms with van der Waals surface area (Å²) in [4.78, 5) is 11.8. The summed E-state index contributed by atoms with van der Waals surface area (Å²) in [5, 5.41) is 0. The van der Waals surface area contributed by atoms with E-state index in [9.17, 15) is 18.0 Å². The van der Waals surface area contributed by atoms with Gasteiger partial charge in [0.1, 0.15) is 11.3 Å². The highest BCUT2D eigenvalue weighted by molar-refractivity contribution is 5.84. The van der Waals surface area contributed by atoms with Gasteiger partial charge in [-0.15, -0.1) is 0 Å². The molecule has 1 unspecified atom stereocenters. The molecule has 8 heteroatoms. The first-order valence-corrected chi connectivity index (χ1v) is 13.3. The molecule has 0 amide bonds. The number of nitrogens with two attached hydrogens (primary N) is 2. The minimum Gasteiger partial charge on any atom is -0.494 e. The average molecular weight is 533 g/mol. The minimum atomic E-state index is -4.36. The largest absolute Gasteiger partial charge is 0.494 e. The summed E-state index contributed by atoms with van der Waals surface area (Å²) in [6, 6.07) is 9.95. The van der Waals surface area contributed by atoms with Crippen molar-refractivity contribution in [3.8, 4) is 5.75 Å². The van der Waals surface area contributed by atoms with Crippen LogP contribution in [0.15, 0.2) is 36.4 Å². The zero-order valence-corrected chi connectivity index (χ0v) is 22.3. The Bertz CT molecular complexity index is 1130. The van der Waals surface area contributed by atoms with Crippen molar-refractivity contribution in [2.24, 2.45) is 11.5 Å². The molecule has 2 aromatic rings. The van der Waals surface area contributed by atoms with E-state index in [1.165, 1.54) is 6.07 Å². The van der Waals surface area contributed by atoms with Gasteiger partial charge in [-0.05, 0) is 117 Å². The Hall–Kier alpha value is -2.84. The van der Waals surface area contributed by atoms with Crippen LogP contribution in [0.2, 0.25) is 0 Å². The Morgan fingerprint density at radius 2 is 1.68 bits per heavy atom. The molecule has 0 spiro atoms. The molecular formula is C30H39F3N2O3. The van der Waals surface area contributed by atoms with Gasteiger partial charge in [-0.3, -0.25) is 4.79 Å². The summed E-state index contributed by atoms with van der Waals surface area (Å²) in [6.07, 6.45) is 4.69. The van der Waals surface area contributed by atoms with Gasteiger partial charge >= 0.3 is 12.1 Å². The van der Waals surface area contributed by atoms with Gasteiger partial charge in [-0.1, -0.05) is 18.2 Å². The summed E-state index contributed by atoms with van der Waals surface area (Å²) in [5.74, 6) is 0.321. The number of carbonyl (C=O) groups is 1. The van der Waals surface area contributed by atoms with Crippen molar-refractivity contribution in [2.75, 3.05) is 19.8 Å². The number of ether oxygens (including phenoxy) is 2. The molecule has 38 heavy (non-hydrogen) atoms. The predicted molar refractivity (Wildman–Crippen MR) is 145 cm³/mol. The fourth-order valence-corrected chi connectivity index (χ4v) is 4.44. The predicted octanol–water partition coefficient (Wildman–Crippen LogP) is 6.44. The molecule has 4 N–H and O–H groups in total. The van der Waals surface area contributed by atoms with E-state index in [1.54, 1.807) is 13.0 Å². The van der Waals surface area contributed by atoms with E-state index in [-0.39, 0.29) is 6.54 Å². The molecule has 0 radical (unpaired) electrons. The van der Waals surface area contributed by atoms with E-state index < -0.39 is 23.2 Å². The van der Waals surface area contributed by atoms with Crippen LogP contribution >= 0.6 is 0 Å². The first-order chi connectivity index (χ1) is 18.0. The topological polar surface area (TPSA) is 87.6 Å². The molecule has 0 aromatic heterocycles. The maximum atomic E-state index is 13.3. The zero-order valence-electron chi connectivity index (χ0n) is 22.3. The second kappa shape index (κ2) is 13.3. The van der Waals surface area contributed by atoms with Crippen LogP contribution in [-0.2, 0) is 22.1 Å². The van der Waals surface area contributed by atoms with Crippen molar-refractivity contribution in [2.45, 2.75) is 76.9 Å². The van der Waals surface area contributed by atoms with Gasteiger partial charge in [0.15, 0.2) is 0 Å². The molecule has 0 bridgehead atoms. The van der Waals surface area contributed by atoms with Crippen molar-refractivity contribution >= 4 is 17.6 Å². The van der Waals surface area contributed by atoms with Crippen molar-refractivity contribution in [3.63, 3.8) is 0 Å². The normalized spacial score (nSPS) is 16.9. The molecule has 0 saturated carbocycles. The molecule has 208 valence electrons. The lowest BCUT2D eigenvalue weighted by Crippen LogP contribution is -2.52. The van der Waals surface area contributed by atoms with E-state index in [1.807, 2.05) is 25.1 Å². The number of benzene rings is 2. The van der Waals surface area contributed by atoms with Crippen molar-refractivity contribution in [3.05, 3.63) is 64.2 Å². The molecule has 5 nitrogen and oxygen atoms in total. The summed E-state index contributed by atoms with van der Waals surface area (Å²) in [6.45, 7) is 4.36. The number of fused-ring (bicyclic) bond motifs is 1. The number of hydrogen-bond donors (Lipinski definition) is 2. The highest BCUT2D eigenvalue weighted by Gasteiger charge is 2.31. The summed E-state index contributed by atoms with van der Waals surface area (Å²) >= 11 is 0. The van der Waals surface area contributed by atoms with Crippen molar-refractivity contribution in [1.29, 1.82) is 0 Å². The monoisotopic (exact) mass is 532 g/mol. The molecule has 0 fully saturated rings. The molecule has 0 saturated heterocycles. The average Bonchev–Trinajstić information content (AvgIpc) is 2.86. The minimum absolute atomic E-state index is 0.0405. The number of aryl methyl sites for hydroxylation is 2. The van der Waals surface area contributed by atoms with Gasteiger partial charge < -0.3 is 20.9 Å². The lowest BCUT2D eigenvalue weighted by Gasteiger charge is -2.20. The second-order valence-corrected chi connectivity index (χ2v) is 10.3. The Balaban J connectivity index is 1.54. The molecule has 1 atom stereocenters. The van der Waals surface area contributed by atoms with Crippen LogP contribution in [0, 0.1) is 6.92 Å². The summed E-state index contributed by atoms with van der Waals surface area (Å²) < 4.78 is 51.1. The highest BCUT2D eigenvalue weighted by atomic mass is 19.4. The first-order valence-electron chi connectivity index (χ1n) is 13.3. The number of alkyl halides is 3. The van der Waals surface area contributed by atoms with Gasteiger partial charge in [-0.2, -0.15) is 13.2 Å². The van der Waals surface area contributed by atoms with Crippen LogP contribution in [0.25, 0.3) is 11.6 Å². The Morgan fingerprint density at radius 1 is 0.974 bits per heavy atom. The van der Waals surface area contributed by atoms with Gasteiger partial charge in [0.05, 0.1) is 18.8 Å². The molecule has 0 aliphatic heterocycles. The van der Waals surface area contributed by atoms with Gasteiger partial charge in [-0.25, -0.2) is 0 Å². The van der Waals surface area contributed by atoms with Crippen molar-refractivity contribution in [1.82, 2.24) is 0 Å². The van der Waals surface area contributed by atoms with Crippen LogP contribution in [-0.4, -0.2) is 31.3 Å². The lowest BCUT2D eigenvalue weighted by atomic mass is 9.88. The number of hydrogen-bond acceptors (Lipinski definition) is 5. The van der Waals surface area contributed by atoms with Crippen LogP contribution in [0.3, 0.4) is 0 Å². The molecular weight excluding hydrogens is 493 g/mol. The Kier molecular flexibility index (Phi) is 10.4. The van der Waals surface area contributed by atoms with E-state index in [0.29, 0.717) is 18.8 Å². The number of esters is 1. The molecule has 1 aliphatic rings. The van der Waals surface area contributed by atoms with Crippen LogP contribution in [0.4, 0.5) is 13.2 Å². The molecule has 2 aromatic carbocycles. The van der Waals surface area contributed by atoms with E-state index >= 15 is 0 Å². The van der Waals surface area contributed by atoms with E-state index in [2.05, 4.69) is 6.07 Å². The zero-order chi connectivity index (χ0) is 27.8. The van der Waals surface area contributed by atoms with Gasteiger partial charge in [0.25, 0.3) is 0 Å². The third-order valence-corrected chi connectivity index (χ3v) is 6.93. The van der Waals surface area contributed by atoms with Crippen LogP contribution < -0.4 is 16.2 Å². The first kappa shape index (κ1) is 29.7. The fraction of sp³-hybridized carbons (Fsp3) is 0.500. The quantitative estimate of drug-likeness (QED) is 0.257. The number of allylic oxidation sites excluding steroid dienone is 1. The lowest BCUT2D eigenvalue weighted by molar-refractivity contribution is -0.149. The Labute approximate surface area is 223 Å². The van der Waals surface area contributed by atoms with Crippen LogP contribution in [0.5, 0.6) is 5.75 Å². The summed E-state index contributed by atoms with van der Waals surface area (Å²) in [5.41, 5.74) is 14.1. The number of unbranched alkanes of at least 4 members (excludes halogenated alkanes) is 3. The maximum Gasteiger partial charge on any atom is 0.416 e. The third kappa shape index (κ3) is 8.33. The Morgan fingerprint density at radius 3 is 2.39 bits per heavy atom. The highest BCUT2D eigenvalue weighted by Crippen LogP contribution is 2.36. The molecule has 3 rings (SSSR count). The van der Waals surface area contributed by atoms with E-state index in [0.717, 1.165) is 85.4 Å². The number of carbonyl (C=O) groups excluding carboxylic acids is 1. The molecule has 1 aliphatic carbocycles. The maximum absolute atomic E-state index is 13.3. The summed E-state index contributed by atoms with van der Waals surface area (Å²) in [7, 11) is 0. The smallest absolute Gasteiger partial charge is 0.416 e. The van der Waals surface area contributed by atoms with Gasteiger partial charge in [0, 0.05) is 6.54 Å². The number of rotatable bonds is 11. The van der Waals surface area contributed by atoms with E-state index in [4.69, 9.17) is 20.9 Å². The van der Waals surface area contributed by atoms with Crippen molar-refractivity contribution < 1.29 is 27.4 Å². The van der Waals surface area contributed by atoms with Crippen LogP contribution in [0.1, 0.15) is 79.7 Å². The fourth-order valence-electron chi connectivity index (χ4n) is 4.44. The standard InChI is InChI=1S/C30H39F3N2O3/c1-21-11-13-25(30(31,32)33)19-27(21)24-10-6-5-9-22-18-26(14-12-23(22)17-24)37-15-7-3-4-8-16-38-28(36)29(2,35)20-34/h11-14,17-19H,3-10,15-16,20,34-35H2,1-2H3/b24-17+. The number of halogens is 3. The second-order valence-electron chi connectivity index (χ2n) is 10.3. The SMILES string of the molecule is Cc1ccc(C(F)(F)F)cc1/C1=C/c2ccc(OCCCCCCOC(=O)C(C)(N)CN)cc2CCCC1. The molecule has 0 heterocycles. The third-order valence-electron chi connectivity index (χ3n) is 6.93.